The lowest BCUT2D eigenvalue weighted by Gasteiger charge is -1.97. The zero-order valence-corrected chi connectivity index (χ0v) is 9.00. The Labute approximate surface area is 93.1 Å². The first kappa shape index (κ1) is 10.5. The number of carbonyl (C=O) groups is 1. The standard InChI is InChI=1S/C11H12N4O/c1-15-13-11(12-14-15)8-10(16)7-9-5-3-2-4-6-9/h2-6H,7-8H2,1H3. The average molecular weight is 216 g/mol. The maximum absolute atomic E-state index is 11.7. The molecule has 2 aromatic rings. The summed E-state index contributed by atoms with van der Waals surface area (Å²) in [6, 6.07) is 9.63. The second-order valence-electron chi connectivity index (χ2n) is 3.57. The Kier molecular flexibility index (Phi) is 3.05. The molecular weight excluding hydrogens is 204 g/mol. The molecule has 0 aliphatic heterocycles. The van der Waals surface area contributed by atoms with E-state index in [0.29, 0.717) is 12.2 Å². The van der Waals surface area contributed by atoms with Crippen molar-refractivity contribution in [2.75, 3.05) is 0 Å². The molecule has 0 N–H and O–H groups in total. The Morgan fingerprint density at radius 3 is 2.62 bits per heavy atom. The lowest BCUT2D eigenvalue weighted by atomic mass is 10.1. The van der Waals surface area contributed by atoms with Gasteiger partial charge in [-0.3, -0.25) is 4.79 Å². The molecule has 0 saturated carbocycles. The van der Waals surface area contributed by atoms with Crippen molar-refractivity contribution in [3.8, 4) is 0 Å². The summed E-state index contributed by atoms with van der Waals surface area (Å²) in [4.78, 5) is 13.0. The van der Waals surface area contributed by atoms with Crippen LogP contribution in [0.3, 0.4) is 0 Å². The summed E-state index contributed by atoms with van der Waals surface area (Å²) in [7, 11) is 1.68. The van der Waals surface area contributed by atoms with Gasteiger partial charge in [0.05, 0.1) is 13.5 Å². The Morgan fingerprint density at radius 2 is 2.00 bits per heavy atom. The fraction of sp³-hybridized carbons (Fsp3) is 0.273. The van der Waals surface area contributed by atoms with E-state index < -0.39 is 0 Å². The highest BCUT2D eigenvalue weighted by Crippen LogP contribution is 2.02. The molecule has 0 fully saturated rings. The van der Waals surface area contributed by atoms with Crippen LogP contribution in [0.15, 0.2) is 30.3 Å². The monoisotopic (exact) mass is 216 g/mol. The van der Waals surface area contributed by atoms with Gasteiger partial charge in [-0.05, 0) is 10.8 Å². The molecular formula is C11H12N4O. The van der Waals surface area contributed by atoms with Crippen LogP contribution in [0.1, 0.15) is 11.4 Å². The first-order valence-corrected chi connectivity index (χ1v) is 5.02. The molecule has 0 bridgehead atoms. The van der Waals surface area contributed by atoms with Crippen LogP contribution in [-0.4, -0.2) is 26.0 Å². The van der Waals surface area contributed by atoms with E-state index in [1.54, 1.807) is 7.05 Å². The van der Waals surface area contributed by atoms with Crippen molar-refractivity contribution >= 4 is 5.78 Å². The zero-order chi connectivity index (χ0) is 11.4. The van der Waals surface area contributed by atoms with E-state index in [-0.39, 0.29) is 12.2 Å². The minimum absolute atomic E-state index is 0.0965. The Balaban J connectivity index is 1.95. The molecule has 5 nitrogen and oxygen atoms in total. The van der Waals surface area contributed by atoms with E-state index in [2.05, 4.69) is 15.4 Å². The highest BCUT2D eigenvalue weighted by atomic mass is 16.1. The van der Waals surface area contributed by atoms with Gasteiger partial charge in [0.1, 0.15) is 5.78 Å². The summed E-state index contributed by atoms with van der Waals surface area (Å²) < 4.78 is 0. The van der Waals surface area contributed by atoms with Crippen LogP contribution < -0.4 is 0 Å². The number of aromatic nitrogens is 4. The molecule has 0 atom stereocenters. The number of carbonyl (C=O) groups excluding carboxylic acids is 1. The van der Waals surface area contributed by atoms with Gasteiger partial charge in [-0.1, -0.05) is 30.3 Å². The summed E-state index contributed by atoms with van der Waals surface area (Å²) in [5.41, 5.74) is 1.01. The molecule has 0 aliphatic carbocycles. The molecule has 0 saturated heterocycles. The SMILES string of the molecule is Cn1nnc(CC(=O)Cc2ccccc2)n1. The number of rotatable bonds is 4. The van der Waals surface area contributed by atoms with E-state index in [1.807, 2.05) is 30.3 Å². The van der Waals surface area contributed by atoms with Gasteiger partial charge in [0.2, 0.25) is 0 Å². The summed E-state index contributed by atoms with van der Waals surface area (Å²) in [5.74, 6) is 0.572. The van der Waals surface area contributed by atoms with Crippen molar-refractivity contribution in [3.05, 3.63) is 41.7 Å². The predicted octanol–water partition coefficient (Wildman–Crippen LogP) is 0.564. The van der Waals surface area contributed by atoms with Gasteiger partial charge in [-0.15, -0.1) is 10.2 Å². The fourth-order valence-corrected chi connectivity index (χ4v) is 1.46. The molecule has 2 rings (SSSR count). The normalized spacial score (nSPS) is 10.3. The van der Waals surface area contributed by atoms with Crippen molar-refractivity contribution in [2.45, 2.75) is 12.8 Å². The number of nitrogens with zero attached hydrogens (tertiary/aromatic N) is 4. The van der Waals surface area contributed by atoms with Crippen molar-refractivity contribution in [1.82, 2.24) is 20.2 Å². The van der Waals surface area contributed by atoms with Gasteiger partial charge in [0.25, 0.3) is 0 Å². The first-order valence-electron chi connectivity index (χ1n) is 5.02. The third-order valence-electron chi connectivity index (χ3n) is 2.15. The zero-order valence-electron chi connectivity index (χ0n) is 9.00. The van der Waals surface area contributed by atoms with E-state index in [0.717, 1.165) is 5.56 Å². The number of ketones is 1. The van der Waals surface area contributed by atoms with Crippen LogP contribution in [0, 0.1) is 0 Å². The molecule has 1 aromatic heterocycles. The topological polar surface area (TPSA) is 60.7 Å². The molecule has 0 spiro atoms. The molecule has 0 aliphatic rings. The van der Waals surface area contributed by atoms with Gasteiger partial charge in [-0.25, -0.2) is 0 Å². The van der Waals surface area contributed by atoms with Gasteiger partial charge >= 0.3 is 0 Å². The minimum atomic E-state index is 0.0965. The Morgan fingerprint density at radius 1 is 1.25 bits per heavy atom. The number of aryl methyl sites for hydroxylation is 1. The molecule has 1 aromatic carbocycles. The second-order valence-corrected chi connectivity index (χ2v) is 3.57. The number of hydrogen-bond donors (Lipinski definition) is 0. The molecule has 0 amide bonds. The molecule has 16 heavy (non-hydrogen) atoms. The molecule has 0 unspecified atom stereocenters. The Hall–Kier alpha value is -2.04. The Bertz CT molecular complexity index is 478. The largest absolute Gasteiger partial charge is 0.299 e. The predicted molar refractivity (Wildman–Crippen MR) is 57.7 cm³/mol. The molecule has 1 heterocycles. The molecule has 5 heteroatoms. The third kappa shape index (κ3) is 2.73. The van der Waals surface area contributed by atoms with E-state index in [4.69, 9.17) is 0 Å². The number of tetrazole rings is 1. The maximum Gasteiger partial charge on any atom is 0.182 e. The highest BCUT2D eigenvalue weighted by molar-refractivity contribution is 5.82. The number of Topliss-reactive ketones (excluding diaryl/α,β-unsaturated/α-hetero) is 1. The summed E-state index contributed by atoms with van der Waals surface area (Å²) in [6.07, 6.45) is 0.655. The van der Waals surface area contributed by atoms with Gasteiger partial charge in [-0.2, -0.15) is 4.80 Å². The van der Waals surface area contributed by atoms with Crippen LogP contribution in [0.5, 0.6) is 0 Å². The molecule has 0 radical (unpaired) electrons. The summed E-state index contributed by atoms with van der Waals surface area (Å²) >= 11 is 0. The van der Waals surface area contributed by atoms with Gasteiger partial charge in [0, 0.05) is 6.42 Å². The van der Waals surface area contributed by atoms with Crippen LogP contribution in [0.2, 0.25) is 0 Å². The highest BCUT2D eigenvalue weighted by Gasteiger charge is 2.08. The van der Waals surface area contributed by atoms with E-state index >= 15 is 0 Å². The first-order chi connectivity index (χ1) is 7.74. The van der Waals surface area contributed by atoms with Crippen LogP contribution in [-0.2, 0) is 24.7 Å². The molecule has 82 valence electrons. The summed E-state index contributed by atoms with van der Waals surface area (Å²) in [6.45, 7) is 0. The third-order valence-corrected chi connectivity index (χ3v) is 2.15. The fourth-order valence-electron chi connectivity index (χ4n) is 1.46. The quantitative estimate of drug-likeness (QED) is 0.749. The van der Waals surface area contributed by atoms with E-state index in [1.165, 1.54) is 4.80 Å². The number of hydrogen-bond acceptors (Lipinski definition) is 4. The average Bonchev–Trinajstić information content (AvgIpc) is 2.65. The van der Waals surface area contributed by atoms with Crippen molar-refractivity contribution in [1.29, 1.82) is 0 Å². The maximum atomic E-state index is 11.7. The smallest absolute Gasteiger partial charge is 0.182 e. The van der Waals surface area contributed by atoms with Crippen LogP contribution >= 0.6 is 0 Å². The van der Waals surface area contributed by atoms with Crippen molar-refractivity contribution in [2.24, 2.45) is 7.05 Å². The minimum Gasteiger partial charge on any atom is -0.299 e. The van der Waals surface area contributed by atoms with Crippen molar-refractivity contribution < 1.29 is 4.79 Å². The van der Waals surface area contributed by atoms with Crippen LogP contribution in [0.25, 0.3) is 0 Å². The summed E-state index contributed by atoms with van der Waals surface area (Å²) in [5, 5.41) is 11.4. The van der Waals surface area contributed by atoms with Crippen molar-refractivity contribution in [3.63, 3.8) is 0 Å². The lowest BCUT2D eigenvalue weighted by molar-refractivity contribution is -0.117. The second kappa shape index (κ2) is 4.65. The lowest BCUT2D eigenvalue weighted by Crippen LogP contribution is -2.08. The van der Waals surface area contributed by atoms with Gasteiger partial charge in [0.15, 0.2) is 5.82 Å². The van der Waals surface area contributed by atoms with Gasteiger partial charge < -0.3 is 0 Å². The van der Waals surface area contributed by atoms with E-state index in [9.17, 15) is 4.79 Å². The van der Waals surface area contributed by atoms with Crippen LogP contribution in [0.4, 0.5) is 0 Å². The number of benzene rings is 1.